The predicted octanol–water partition coefficient (Wildman–Crippen LogP) is -0.223. The second-order valence-electron chi connectivity index (χ2n) is 4.22. The highest BCUT2D eigenvalue weighted by atomic mass is 16.4. The van der Waals surface area contributed by atoms with Crippen LogP contribution in [0.2, 0.25) is 0 Å². The molecule has 0 radical (unpaired) electrons. The van der Waals surface area contributed by atoms with E-state index in [9.17, 15) is 4.79 Å². The average molecular weight is 222 g/mol. The van der Waals surface area contributed by atoms with Gasteiger partial charge in [0.25, 0.3) is 0 Å². The number of aliphatic carboxylic acids is 1. The van der Waals surface area contributed by atoms with Crippen molar-refractivity contribution in [3.05, 3.63) is 17.8 Å². The fraction of sp³-hybridized carbons (Fsp3) is 0.500. The van der Waals surface area contributed by atoms with Gasteiger partial charge in [-0.3, -0.25) is 4.79 Å². The van der Waals surface area contributed by atoms with Crippen molar-refractivity contribution in [1.82, 2.24) is 10.2 Å². The second kappa shape index (κ2) is 3.71. The van der Waals surface area contributed by atoms with E-state index in [1.165, 1.54) is 0 Å². The maximum absolute atomic E-state index is 11.0. The first kappa shape index (κ1) is 10.8. The fourth-order valence-corrected chi connectivity index (χ4v) is 1.81. The SMILES string of the molecule is Cc1cnnc(N2CCC(N)(C(=O)O)C2)c1. The summed E-state index contributed by atoms with van der Waals surface area (Å²) in [5.41, 5.74) is 5.61. The highest BCUT2D eigenvalue weighted by Crippen LogP contribution is 2.23. The maximum Gasteiger partial charge on any atom is 0.325 e. The summed E-state index contributed by atoms with van der Waals surface area (Å²) in [6.45, 7) is 2.79. The van der Waals surface area contributed by atoms with E-state index >= 15 is 0 Å². The molecule has 1 atom stereocenters. The van der Waals surface area contributed by atoms with Crippen LogP contribution in [0.5, 0.6) is 0 Å². The maximum atomic E-state index is 11.0. The minimum atomic E-state index is -1.16. The number of aromatic nitrogens is 2. The van der Waals surface area contributed by atoms with Gasteiger partial charge in [0.1, 0.15) is 5.54 Å². The van der Waals surface area contributed by atoms with Crippen molar-refractivity contribution in [2.75, 3.05) is 18.0 Å². The summed E-state index contributed by atoms with van der Waals surface area (Å²) in [6, 6.07) is 1.88. The summed E-state index contributed by atoms with van der Waals surface area (Å²) in [7, 11) is 0. The Bertz CT molecular complexity index is 423. The lowest BCUT2D eigenvalue weighted by atomic mass is 10.0. The highest BCUT2D eigenvalue weighted by molar-refractivity contribution is 5.80. The van der Waals surface area contributed by atoms with Crippen LogP contribution >= 0.6 is 0 Å². The highest BCUT2D eigenvalue weighted by Gasteiger charge is 2.41. The van der Waals surface area contributed by atoms with Crippen molar-refractivity contribution in [2.24, 2.45) is 5.73 Å². The van der Waals surface area contributed by atoms with E-state index < -0.39 is 11.5 Å². The van der Waals surface area contributed by atoms with Crippen molar-refractivity contribution in [3.8, 4) is 0 Å². The molecule has 6 heteroatoms. The smallest absolute Gasteiger partial charge is 0.325 e. The molecule has 0 aliphatic carbocycles. The standard InChI is InChI=1S/C10H14N4O2/c1-7-4-8(13-12-5-7)14-3-2-10(11,6-14)9(15)16/h4-5H,2-3,6,11H2,1H3,(H,15,16). The summed E-state index contributed by atoms with van der Waals surface area (Å²) in [4.78, 5) is 12.8. The normalized spacial score (nSPS) is 24.8. The van der Waals surface area contributed by atoms with E-state index in [-0.39, 0.29) is 6.54 Å². The number of anilines is 1. The first-order chi connectivity index (χ1) is 7.51. The van der Waals surface area contributed by atoms with Gasteiger partial charge in [0.15, 0.2) is 5.82 Å². The summed E-state index contributed by atoms with van der Waals surface area (Å²) < 4.78 is 0. The molecule has 0 saturated carbocycles. The molecule has 6 nitrogen and oxygen atoms in total. The van der Waals surface area contributed by atoms with Crippen LogP contribution in [0.25, 0.3) is 0 Å². The lowest BCUT2D eigenvalue weighted by Gasteiger charge is -2.20. The monoisotopic (exact) mass is 222 g/mol. The predicted molar refractivity (Wildman–Crippen MR) is 58.2 cm³/mol. The number of nitrogens with two attached hydrogens (primary N) is 1. The third kappa shape index (κ3) is 1.83. The third-order valence-electron chi connectivity index (χ3n) is 2.83. The molecule has 1 aromatic heterocycles. The lowest BCUT2D eigenvalue weighted by molar-refractivity contribution is -0.142. The van der Waals surface area contributed by atoms with Gasteiger partial charge < -0.3 is 15.7 Å². The molecule has 1 aliphatic rings. The van der Waals surface area contributed by atoms with Crippen molar-refractivity contribution < 1.29 is 9.90 Å². The van der Waals surface area contributed by atoms with Crippen LogP contribution in [0.3, 0.4) is 0 Å². The Kier molecular flexibility index (Phi) is 2.51. The first-order valence-electron chi connectivity index (χ1n) is 5.08. The number of nitrogens with zero attached hydrogens (tertiary/aromatic N) is 3. The number of hydrogen-bond acceptors (Lipinski definition) is 5. The van der Waals surface area contributed by atoms with Crippen molar-refractivity contribution in [3.63, 3.8) is 0 Å². The molecular formula is C10H14N4O2. The van der Waals surface area contributed by atoms with Gasteiger partial charge in [-0.1, -0.05) is 0 Å². The van der Waals surface area contributed by atoms with Crippen LogP contribution in [0.4, 0.5) is 5.82 Å². The van der Waals surface area contributed by atoms with Crippen LogP contribution in [-0.4, -0.2) is 39.9 Å². The molecule has 2 heterocycles. The third-order valence-corrected chi connectivity index (χ3v) is 2.83. The number of hydrogen-bond donors (Lipinski definition) is 2. The summed E-state index contributed by atoms with van der Waals surface area (Å²) in [5.74, 6) is -0.274. The molecule has 0 aromatic carbocycles. The molecule has 2 rings (SSSR count). The molecule has 0 amide bonds. The molecule has 1 aromatic rings. The lowest BCUT2D eigenvalue weighted by Crippen LogP contribution is -2.50. The Morgan fingerprint density at radius 1 is 1.69 bits per heavy atom. The van der Waals surface area contributed by atoms with E-state index in [0.29, 0.717) is 18.8 Å². The van der Waals surface area contributed by atoms with Gasteiger partial charge in [0, 0.05) is 13.1 Å². The Labute approximate surface area is 93.1 Å². The molecule has 3 N–H and O–H groups in total. The van der Waals surface area contributed by atoms with E-state index in [1.54, 1.807) is 6.20 Å². The van der Waals surface area contributed by atoms with Crippen molar-refractivity contribution in [2.45, 2.75) is 18.9 Å². The van der Waals surface area contributed by atoms with Crippen LogP contribution in [0.1, 0.15) is 12.0 Å². The van der Waals surface area contributed by atoms with Crippen LogP contribution in [0, 0.1) is 6.92 Å². The molecule has 86 valence electrons. The molecule has 1 unspecified atom stereocenters. The van der Waals surface area contributed by atoms with Gasteiger partial charge in [-0.2, -0.15) is 5.10 Å². The summed E-state index contributed by atoms with van der Waals surface area (Å²) >= 11 is 0. The van der Waals surface area contributed by atoms with Gasteiger partial charge >= 0.3 is 5.97 Å². The Morgan fingerprint density at radius 2 is 2.44 bits per heavy atom. The first-order valence-corrected chi connectivity index (χ1v) is 5.08. The van der Waals surface area contributed by atoms with Crippen LogP contribution < -0.4 is 10.6 Å². The zero-order valence-corrected chi connectivity index (χ0v) is 9.05. The largest absolute Gasteiger partial charge is 0.480 e. The van der Waals surface area contributed by atoms with Gasteiger partial charge in [-0.25, -0.2) is 0 Å². The Hall–Kier alpha value is -1.69. The van der Waals surface area contributed by atoms with E-state index in [0.717, 1.165) is 5.56 Å². The number of carbonyl (C=O) groups is 1. The van der Waals surface area contributed by atoms with Gasteiger partial charge in [-0.05, 0) is 25.0 Å². The van der Waals surface area contributed by atoms with Gasteiger partial charge in [-0.15, -0.1) is 5.10 Å². The van der Waals surface area contributed by atoms with Crippen LogP contribution in [0.15, 0.2) is 12.3 Å². The van der Waals surface area contributed by atoms with E-state index in [4.69, 9.17) is 10.8 Å². The number of carboxylic acid groups (broad SMARTS) is 1. The Morgan fingerprint density at radius 3 is 3.00 bits per heavy atom. The van der Waals surface area contributed by atoms with Gasteiger partial charge in [0.05, 0.1) is 6.20 Å². The fourth-order valence-electron chi connectivity index (χ4n) is 1.81. The van der Waals surface area contributed by atoms with E-state index in [2.05, 4.69) is 10.2 Å². The summed E-state index contributed by atoms with van der Waals surface area (Å²) in [5, 5.41) is 16.8. The topological polar surface area (TPSA) is 92.3 Å². The molecule has 16 heavy (non-hydrogen) atoms. The quantitative estimate of drug-likeness (QED) is 0.718. The number of rotatable bonds is 2. The number of carboxylic acids is 1. The summed E-state index contributed by atoms with van der Waals surface area (Å²) in [6.07, 6.45) is 2.09. The van der Waals surface area contributed by atoms with Crippen LogP contribution in [-0.2, 0) is 4.79 Å². The molecule has 1 aliphatic heterocycles. The van der Waals surface area contributed by atoms with Crippen molar-refractivity contribution in [1.29, 1.82) is 0 Å². The average Bonchev–Trinajstić information content (AvgIpc) is 2.62. The Balaban J connectivity index is 2.18. The molecule has 0 bridgehead atoms. The molecule has 1 saturated heterocycles. The molecule has 1 fully saturated rings. The van der Waals surface area contributed by atoms with E-state index in [1.807, 2.05) is 17.9 Å². The minimum absolute atomic E-state index is 0.278. The number of aryl methyl sites for hydroxylation is 1. The molecular weight excluding hydrogens is 208 g/mol. The minimum Gasteiger partial charge on any atom is -0.480 e. The van der Waals surface area contributed by atoms with Crippen molar-refractivity contribution >= 4 is 11.8 Å². The van der Waals surface area contributed by atoms with Gasteiger partial charge in [0.2, 0.25) is 0 Å². The second-order valence-corrected chi connectivity index (χ2v) is 4.22. The molecule has 0 spiro atoms. The zero-order chi connectivity index (χ0) is 11.8. The zero-order valence-electron chi connectivity index (χ0n) is 9.05.